The Labute approximate surface area is 530 Å². The van der Waals surface area contributed by atoms with Crippen molar-refractivity contribution in [2.75, 3.05) is 72.0 Å². The van der Waals surface area contributed by atoms with Gasteiger partial charge in [-0.3, -0.25) is 14.7 Å². The first-order valence-electron chi connectivity index (χ1n) is 22.9. The van der Waals surface area contributed by atoms with E-state index in [-0.39, 0.29) is 181 Å². The number of pyridine rings is 3. The van der Waals surface area contributed by atoms with E-state index in [1.807, 2.05) is 49.5 Å². The van der Waals surface area contributed by atoms with E-state index in [2.05, 4.69) is 63.0 Å². The van der Waals surface area contributed by atoms with Crippen LogP contribution in [0.2, 0.25) is 27.3 Å². The second-order valence-corrected chi connectivity index (χ2v) is 17.6. The molecule has 0 aromatic carbocycles. The van der Waals surface area contributed by atoms with Crippen molar-refractivity contribution in [2.45, 2.75) is 111 Å². The number of aromatic nitrogens is 3. The second kappa shape index (κ2) is 36.1. The summed E-state index contributed by atoms with van der Waals surface area (Å²) in [6, 6.07) is 13.7. The molecule has 12 nitrogen and oxygen atoms in total. The summed E-state index contributed by atoms with van der Waals surface area (Å²) in [6.07, 6.45) is 14.1. The van der Waals surface area contributed by atoms with E-state index in [0.29, 0.717) is 43.2 Å². The summed E-state index contributed by atoms with van der Waals surface area (Å²) in [4.78, 5) is 20.3. The number of hydrogen-bond acceptors (Lipinski definition) is 9. The van der Waals surface area contributed by atoms with Crippen LogP contribution in [0, 0.1) is 24.7 Å². The molecule has 6 bridgehead atoms. The summed E-state index contributed by atoms with van der Waals surface area (Å²) in [5, 5.41) is 0. The maximum atomic E-state index is 7.25. The molecule has 3 N–H and O–H groups in total. The molecular weight excluding hydrogens is 1000 g/mol. The zero-order chi connectivity index (χ0) is 43.3. The normalized spacial score (nSPS) is 26.2. The fourth-order valence-electron chi connectivity index (χ4n) is 8.12. The van der Waals surface area contributed by atoms with Crippen molar-refractivity contribution in [3.63, 3.8) is 0 Å². The van der Waals surface area contributed by atoms with Gasteiger partial charge in [-0.05, 0) is 114 Å². The van der Waals surface area contributed by atoms with Crippen LogP contribution < -0.4 is 189 Å². The molecule has 0 unspecified atom stereocenters. The molecular formula is C46H76B2N9O3Rb3. The minimum atomic E-state index is 0. The number of nitrogens with one attached hydrogen (secondary N) is 3. The van der Waals surface area contributed by atoms with Gasteiger partial charge in [0.05, 0.1) is 0 Å². The first kappa shape index (κ1) is 63.2. The zero-order valence-electron chi connectivity index (χ0n) is 41.0. The molecule has 3 atom stereocenters. The van der Waals surface area contributed by atoms with Gasteiger partial charge in [0, 0.05) is 56.4 Å². The van der Waals surface area contributed by atoms with E-state index in [1.54, 1.807) is 26.2 Å². The maximum absolute atomic E-state index is 7.25. The number of ether oxygens (including phenoxy) is 3. The van der Waals surface area contributed by atoms with Crippen molar-refractivity contribution < 1.29 is 189 Å². The van der Waals surface area contributed by atoms with Crippen LogP contribution in [0.1, 0.15) is 63.5 Å². The summed E-state index contributed by atoms with van der Waals surface area (Å²) < 4.78 is 17.9. The van der Waals surface area contributed by atoms with Crippen LogP contribution in [-0.4, -0.2) is 133 Å². The van der Waals surface area contributed by atoms with Gasteiger partial charge in [-0.25, -0.2) is 15.0 Å². The SMILES string of the molecule is CB(C)B(C)C.CC[NH-].CC[NH-].Cc1ccc(O[C@H]2CN3CCC2CC3)nc1.[NH-]Cc1ccc(O[C@H]2CN3CCC2CC3)nc1.[Rb+].[Rb+].[Rb+].c1ccc(O[C@H]2CN3CCC2CC3)nc1. The smallest absolute Gasteiger partial charge is 0.678 e. The average Bonchev–Trinajstić information content (AvgIpc) is 3.28. The molecule has 332 valence electrons. The molecule has 9 saturated heterocycles. The third kappa shape index (κ3) is 23.8. The molecule has 0 radical (unpaired) electrons. The second-order valence-electron chi connectivity index (χ2n) is 17.6. The Balaban J connectivity index is 0.000000411. The quantitative estimate of drug-likeness (QED) is 0.290. The molecule has 9 aliphatic heterocycles. The van der Waals surface area contributed by atoms with E-state index >= 15 is 0 Å². The Hall–Kier alpha value is 2.16. The third-order valence-corrected chi connectivity index (χ3v) is 12.5. The number of piperidine rings is 9. The van der Waals surface area contributed by atoms with Crippen molar-refractivity contribution in [1.29, 1.82) is 0 Å². The van der Waals surface area contributed by atoms with Crippen LogP contribution in [0.4, 0.5) is 0 Å². The van der Waals surface area contributed by atoms with Gasteiger partial charge in [0.15, 0.2) is 0 Å². The minimum absolute atomic E-state index is 0. The number of fused-ring (bicyclic) bond motifs is 9. The molecule has 12 rings (SSSR count). The molecule has 0 aliphatic carbocycles. The van der Waals surface area contributed by atoms with E-state index in [1.165, 1.54) is 83.4 Å². The topological polar surface area (TPSA) is 147 Å². The van der Waals surface area contributed by atoms with Crippen molar-refractivity contribution in [3.05, 3.63) is 89.4 Å². The largest absolute Gasteiger partial charge is 1.00 e. The van der Waals surface area contributed by atoms with Crippen LogP contribution in [0.15, 0.2) is 61.1 Å². The Morgan fingerprint density at radius 1 is 0.540 bits per heavy atom. The monoisotopic (exact) mass is 1080 g/mol. The first-order chi connectivity index (χ1) is 29.0. The summed E-state index contributed by atoms with van der Waals surface area (Å²) in [5.41, 5.74) is 21.8. The summed E-state index contributed by atoms with van der Waals surface area (Å²) in [6.45, 7) is 28.3. The molecule has 9 fully saturated rings. The van der Waals surface area contributed by atoms with Gasteiger partial charge in [-0.2, -0.15) is 13.1 Å². The molecule has 0 spiro atoms. The number of nitrogens with zero attached hydrogens (tertiary/aromatic N) is 6. The van der Waals surface area contributed by atoms with Gasteiger partial charge in [0.2, 0.25) is 17.6 Å². The Bertz CT molecular complexity index is 1550. The van der Waals surface area contributed by atoms with Gasteiger partial charge in [-0.1, -0.05) is 64.9 Å². The van der Waals surface area contributed by atoms with Gasteiger partial charge in [-0.15, -0.1) is 6.54 Å². The zero-order valence-corrected chi connectivity index (χ0v) is 55.8. The van der Waals surface area contributed by atoms with Crippen molar-refractivity contribution >= 4 is 13.2 Å². The van der Waals surface area contributed by atoms with Crippen molar-refractivity contribution in [3.8, 4) is 17.6 Å². The van der Waals surface area contributed by atoms with Gasteiger partial charge in [0.1, 0.15) is 31.5 Å². The molecule has 3 aromatic heterocycles. The Morgan fingerprint density at radius 3 is 1.16 bits per heavy atom. The van der Waals surface area contributed by atoms with Crippen molar-refractivity contribution in [2.24, 2.45) is 17.8 Å². The standard InChI is InChI=1S/C13H18N3O.C13H18N2O.C12H16N2O.C4H12B2.2C2H6N.3Rb/c14-7-10-1-2-13(15-8-10)17-12-9-16-5-3-11(12)4-6-16;1-10-2-3-13(14-8-10)16-12-9-15-6-4-11(12)5-7-15;1-2-6-13-12(3-1)15-11-9-14-7-4-10(11)5-8-14;1-5(2)6(3)4;2*1-2-3;;;/h1-2,8,11-12,14H,3-7,9H2;2-3,8,11-12H,4-7,9H2,1H3;1-3,6,10-11H,4-5,7-9H2;1-4H3;2*3H,2H2,1H3;;;/q-1;;;;2*-1;3*+1/t2*12-;11-;;;;;;/m000....../s1. The molecule has 17 heteroatoms. The van der Waals surface area contributed by atoms with E-state index in [0.717, 1.165) is 62.0 Å². The fourth-order valence-corrected chi connectivity index (χ4v) is 8.12. The van der Waals surface area contributed by atoms with Crippen LogP contribution in [0.3, 0.4) is 0 Å². The summed E-state index contributed by atoms with van der Waals surface area (Å²) >= 11 is 0. The fraction of sp³-hybridized carbons (Fsp3) is 0.674. The molecule has 3 aromatic rings. The van der Waals surface area contributed by atoms with Crippen LogP contribution >= 0.6 is 0 Å². The molecule has 63 heavy (non-hydrogen) atoms. The van der Waals surface area contributed by atoms with Gasteiger partial charge >= 0.3 is 175 Å². The number of hydrogen-bond donors (Lipinski definition) is 0. The molecule has 0 saturated carbocycles. The van der Waals surface area contributed by atoms with Crippen LogP contribution in [0.25, 0.3) is 17.2 Å². The predicted octanol–water partition coefficient (Wildman–Crippen LogP) is 0.227. The Morgan fingerprint density at radius 2 is 0.905 bits per heavy atom. The molecule has 9 aliphatic rings. The van der Waals surface area contributed by atoms with E-state index in [4.69, 9.17) is 31.4 Å². The van der Waals surface area contributed by atoms with Gasteiger partial charge in [0.25, 0.3) is 0 Å². The minimum Gasteiger partial charge on any atom is -0.678 e. The number of rotatable bonds is 8. The van der Waals surface area contributed by atoms with E-state index in [9.17, 15) is 0 Å². The van der Waals surface area contributed by atoms with Gasteiger partial charge < -0.3 is 31.4 Å². The first-order valence-corrected chi connectivity index (χ1v) is 22.9. The van der Waals surface area contributed by atoms with E-state index < -0.39 is 0 Å². The number of aryl methyl sites for hydroxylation is 1. The van der Waals surface area contributed by atoms with Crippen molar-refractivity contribution in [1.82, 2.24) is 29.7 Å². The molecule has 0 amide bonds. The maximum Gasteiger partial charge on any atom is 1.00 e. The molecule has 12 heterocycles. The summed E-state index contributed by atoms with van der Waals surface area (Å²) in [7, 11) is 0. The Kier molecular flexibility index (Phi) is 36.2. The third-order valence-electron chi connectivity index (χ3n) is 12.5. The average molecular weight is 1080 g/mol. The predicted molar refractivity (Wildman–Crippen MR) is 251 cm³/mol. The summed E-state index contributed by atoms with van der Waals surface area (Å²) in [5.74, 6) is 4.46. The van der Waals surface area contributed by atoms with Crippen LogP contribution in [-0.2, 0) is 6.54 Å². The van der Waals surface area contributed by atoms with Crippen LogP contribution in [0.5, 0.6) is 17.6 Å².